The van der Waals surface area contributed by atoms with Crippen LogP contribution in [0, 0.1) is 0 Å². The molecule has 5 nitrogen and oxygen atoms in total. The smallest absolute Gasteiger partial charge is 0.147 e. The minimum absolute atomic E-state index is 0.591. The summed E-state index contributed by atoms with van der Waals surface area (Å²) in [5.74, 6) is 1.19. The first-order chi connectivity index (χ1) is 8.86. The average Bonchev–Trinajstić information content (AvgIpc) is 2.85. The van der Waals surface area contributed by atoms with Crippen molar-refractivity contribution in [2.45, 2.75) is 52.1 Å². The van der Waals surface area contributed by atoms with E-state index in [1.165, 1.54) is 18.7 Å². The molecule has 0 aromatic carbocycles. The molecule has 0 spiro atoms. The lowest BCUT2D eigenvalue weighted by Crippen LogP contribution is -2.47. The van der Waals surface area contributed by atoms with Gasteiger partial charge in [0.15, 0.2) is 0 Å². The van der Waals surface area contributed by atoms with Crippen LogP contribution >= 0.6 is 0 Å². The van der Waals surface area contributed by atoms with E-state index in [-0.39, 0.29) is 0 Å². The van der Waals surface area contributed by atoms with Crippen molar-refractivity contribution < 1.29 is 0 Å². The molecule has 1 atom stereocenters. The van der Waals surface area contributed by atoms with Crippen LogP contribution in [0.3, 0.4) is 0 Å². The summed E-state index contributed by atoms with van der Waals surface area (Å²) >= 11 is 0. The van der Waals surface area contributed by atoms with Crippen LogP contribution in [0.5, 0.6) is 0 Å². The Hall–Kier alpha value is -1.10. The van der Waals surface area contributed by atoms with Crippen LogP contribution in [0.2, 0.25) is 0 Å². The van der Waals surface area contributed by atoms with Gasteiger partial charge >= 0.3 is 0 Å². The van der Waals surface area contributed by atoms with Crippen LogP contribution in [0.15, 0.2) is 6.20 Å². The SMILES string of the molecule is CCCN(c1cnnn1CCC)C1CCCNC1. The van der Waals surface area contributed by atoms with E-state index in [0.717, 1.165) is 39.0 Å². The molecule has 18 heavy (non-hydrogen) atoms. The van der Waals surface area contributed by atoms with Gasteiger partial charge in [-0.05, 0) is 32.2 Å². The largest absolute Gasteiger partial charge is 0.351 e. The minimum Gasteiger partial charge on any atom is -0.351 e. The fourth-order valence-corrected chi connectivity index (χ4v) is 2.67. The molecule has 0 aliphatic carbocycles. The zero-order valence-electron chi connectivity index (χ0n) is 11.6. The van der Waals surface area contributed by atoms with Crippen molar-refractivity contribution in [1.29, 1.82) is 0 Å². The standard InChI is InChI=1S/C13H25N5/c1-3-8-17(12-6-5-7-14-10-12)13-11-15-16-18(13)9-4-2/h11-12,14H,3-10H2,1-2H3. The van der Waals surface area contributed by atoms with Crippen LogP contribution in [0.4, 0.5) is 5.82 Å². The van der Waals surface area contributed by atoms with Crippen LogP contribution in [-0.2, 0) is 6.54 Å². The van der Waals surface area contributed by atoms with E-state index >= 15 is 0 Å². The third kappa shape index (κ3) is 3.02. The predicted molar refractivity (Wildman–Crippen MR) is 73.8 cm³/mol. The average molecular weight is 251 g/mol. The second kappa shape index (κ2) is 6.73. The van der Waals surface area contributed by atoms with Gasteiger partial charge in [-0.3, -0.25) is 0 Å². The number of aromatic nitrogens is 3. The molecule has 0 bridgehead atoms. The molecule has 5 heteroatoms. The maximum Gasteiger partial charge on any atom is 0.147 e. The number of piperidine rings is 1. The maximum absolute atomic E-state index is 4.21. The highest BCUT2D eigenvalue weighted by Crippen LogP contribution is 2.20. The van der Waals surface area contributed by atoms with Crippen LogP contribution in [0.1, 0.15) is 39.5 Å². The summed E-state index contributed by atoms with van der Waals surface area (Å²) in [4.78, 5) is 2.49. The van der Waals surface area contributed by atoms with Crippen molar-refractivity contribution in [3.63, 3.8) is 0 Å². The number of rotatable bonds is 6. The van der Waals surface area contributed by atoms with Gasteiger partial charge in [-0.2, -0.15) is 0 Å². The summed E-state index contributed by atoms with van der Waals surface area (Å²) < 4.78 is 2.05. The third-order valence-electron chi connectivity index (χ3n) is 3.50. The van der Waals surface area contributed by atoms with E-state index in [1.807, 2.05) is 10.9 Å². The zero-order chi connectivity index (χ0) is 12.8. The fraction of sp³-hybridized carbons (Fsp3) is 0.846. The van der Waals surface area contributed by atoms with Gasteiger partial charge in [0.25, 0.3) is 0 Å². The van der Waals surface area contributed by atoms with Crippen molar-refractivity contribution in [3.8, 4) is 0 Å². The summed E-state index contributed by atoms with van der Waals surface area (Å²) in [6.45, 7) is 8.69. The molecule has 1 unspecified atom stereocenters. The highest BCUT2D eigenvalue weighted by Gasteiger charge is 2.23. The van der Waals surface area contributed by atoms with Crippen molar-refractivity contribution in [3.05, 3.63) is 6.20 Å². The number of nitrogens with zero attached hydrogens (tertiary/aromatic N) is 4. The molecule has 1 N–H and O–H groups in total. The molecular weight excluding hydrogens is 226 g/mol. The molecule has 1 aliphatic rings. The molecule has 0 saturated carbocycles. The summed E-state index contributed by atoms with van der Waals surface area (Å²) in [5.41, 5.74) is 0. The topological polar surface area (TPSA) is 46.0 Å². The van der Waals surface area contributed by atoms with Crippen LogP contribution in [0.25, 0.3) is 0 Å². The van der Waals surface area contributed by atoms with E-state index in [1.54, 1.807) is 0 Å². The molecule has 2 rings (SSSR count). The number of anilines is 1. The van der Waals surface area contributed by atoms with Crippen LogP contribution in [-0.4, -0.2) is 40.7 Å². The highest BCUT2D eigenvalue weighted by atomic mass is 15.5. The predicted octanol–water partition coefficient (Wildman–Crippen LogP) is 1.66. The molecule has 0 radical (unpaired) electrons. The zero-order valence-corrected chi connectivity index (χ0v) is 11.6. The summed E-state index contributed by atoms with van der Waals surface area (Å²) in [6, 6.07) is 0.591. The first kappa shape index (κ1) is 13.3. The fourth-order valence-electron chi connectivity index (χ4n) is 2.67. The Kier molecular flexibility index (Phi) is 4.99. The molecular formula is C13H25N5. The second-order valence-corrected chi connectivity index (χ2v) is 5.01. The maximum atomic E-state index is 4.21. The summed E-state index contributed by atoms with van der Waals surface area (Å²) in [7, 11) is 0. The lowest BCUT2D eigenvalue weighted by Gasteiger charge is -2.35. The molecule has 1 aliphatic heterocycles. The molecule has 102 valence electrons. The highest BCUT2D eigenvalue weighted by molar-refractivity contribution is 5.38. The molecule has 1 fully saturated rings. The van der Waals surface area contributed by atoms with E-state index in [0.29, 0.717) is 6.04 Å². The Balaban J connectivity index is 2.14. The van der Waals surface area contributed by atoms with Crippen molar-refractivity contribution in [2.75, 3.05) is 24.5 Å². The molecule has 1 saturated heterocycles. The number of nitrogens with one attached hydrogen (secondary N) is 1. The van der Waals surface area contributed by atoms with E-state index < -0.39 is 0 Å². The van der Waals surface area contributed by atoms with Gasteiger partial charge in [-0.25, -0.2) is 4.68 Å². The Bertz CT molecular complexity index is 343. The van der Waals surface area contributed by atoms with E-state index in [4.69, 9.17) is 0 Å². The first-order valence-electron chi connectivity index (χ1n) is 7.22. The third-order valence-corrected chi connectivity index (χ3v) is 3.50. The normalized spacial score (nSPS) is 20.0. The summed E-state index contributed by atoms with van der Waals surface area (Å²) in [6.07, 6.45) is 6.71. The van der Waals surface area contributed by atoms with Gasteiger partial charge in [0.05, 0.1) is 6.20 Å². The van der Waals surface area contributed by atoms with Gasteiger partial charge in [0.2, 0.25) is 0 Å². The quantitative estimate of drug-likeness (QED) is 0.835. The van der Waals surface area contributed by atoms with Crippen molar-refractivity contribution in [2.24, 2.45) is 0 Å². The van der Waals surface area contributed by atoms with Gasteiger partial charge in [-0.15, -0.1) is 5.10 Å². The van der Waals surface area contributed by atoms with Gasteiger partial charge in [0, 0.05) is 25.7 Å². The first-order valence-corrected chi connectivity index (χ1v) is 7.22. The van der Waals surface area contributed by atoms with E-state index in [9.17, 15) is 0 Å². The molecule has 1 aromatic heterocycles. The minimum atomic E-state index is 0.591. The Morgan fingerprint density at radius 1 is 1.44 bits per heavy atom. The van der Waals surface area contributed by atoms with Crippen LogP contribution < -0.4 is 10.2 Å². The Morgan fingerprint density at radius 3 is 3.00 bits per heavy atom. The van der Waals surface area contributed by atoms with Crippen molar-refractivity contribution >= 4 is 5.82 Å². The van der Waals surface area contributed by atoms with Crippen molar-refractivity contribution in [1.82, 2.24) is 20.3 Å². The molecule has 2 heterocycles. The number of aryl methyl sites for hydroxylation is 1. The molecule has 0 amide bonds. The number of hydrogen-bond donors (Lipinski definition) is 1. The number of hydrogen-bond acceptors (Lipinski definition) is 4. The lowest BCUT2D eigenvalue weighted by atomic mass is 10.1. The Labute approximate surface area is 110 Å². The van der Waals surface area contributed by atoms with Gasteiger partial charge in [0.1, 0.15) is 5.82 Å². The lowest BCUT2D eigenvalue weighted by molar-refractivity contribution is 0.421. The van der Waals surface area contributed by atoms with Gasteiger partial charge < -0.3 is 10.2 Å². The second-order valence-electron chi connectivity index (χ2n) is 5.01. The monoisotopic (exact) mass is 251 g/mol. The summed E-state index contributed by atoms with van der Waals surface area (Å²) in [5, 5.41) is 11.8. The molecule has 1 aromatic rings. The Morgan fingerprint density at radius 2 is 2.33 bits per heavy atom. The van der Waals surface area contributed by atoms with E-state index in [2.05, 4.69) is 34.4 Å². The van der Waals surface area contributed by atoms with Gasteiger partial charge in [-0.1, -0.05) is 19.1 Å².